The predicted octanol–water partition coefficient (Wildman–Crippen LogP) is 2.36. The third-order valence-electron chi connectivity index (χ3n) is 3.48. The molecule has 4 atom stereocenters. The molecule has 0 aromatic heterocycles. The fraction of sp³-hybridized carbons (Fsp3) is 1.00. The van der Waals surface area contributed by atoms with Gasteiger partial charge in [0, 0.05) is 6.61 Å². The molecule has 4 nitrogen and oxygen atoms in total. The van der Waals surface area contributed by atoms with Crippen LogP contribution in [0.25, 0.3) is 0 Å². The van der Waals surface area contributed by atoms with Gasteiger partial charge in [-0.3, -0.25) is 0 Å². The number of unbranched alkanes of at least 4 members (excludes halogenated alkanes) is 1. The van der Waals surface area contributed by atoms with Gasteiger partial charge in [-0.2, -0.15) is 0 Å². The van der Waals surface area contributed by atoms with Gasteiger partial charge in [-0.05, 0) is 20.3 Å². The minimum Gasteiger partial charge on any atom is -0.379 e. The van der Waals surface area contributed by atoms with E-state index in [9.17, 15) is 8.78 Å². The molecule has 0 aromatic rings. The van der Waals surface area contributed by atoms with Crippen molar-refractivity contribution in [3.05, 3.63) is 0 Å². The lowest BCUT2D eigenvalue weighted by atomic mass is 9.98. The summed E-state index contributed by atoms with van der Waals surface area (Å²) in [5.74, 6) is -1.01. The molecule has 0 radical (unpaired) electrons. The van der Waals surface area contributed by atoms with Crippen LogP contribution in [0.3, 0.4) is 0 Å². The number of hydrogen-bond acceptors (Lipinski definition) is 4. The molecule has 0 amide bonds. The summed E-state index contributed by atoms with van der Waals surface area (Å²) in [6.07, 6.45) is -1.30. The quantitative estimate of drug-likeness (QED) is 0.700. The number of alkyl halides is 2. The van der Waals surface area contributed by atoms with Crippen LogP contribution in [0.15, 0.2) is 0 Å². The summed E-state index contributed by atoms with van der Waals surface area (Å²) in [5.41, 5.74) is -1.65. The first-order chi connectivity index (χ1) is 8.95. The van der Waals surface area contributed by atoms with Gasteiger partial charge in [0.05, 0.1) is 6.61 Å². The van der Waals surface area contributed by atoms with E-state index in [0.717, 1.165) is 12.8 Å². The van der Waals surface area contributed by atoms with E-state index in [1.54, 1.807) is 13.8 Å². The van der Waals surface area contributed by atoms with Crippen molar-refractivity contribution >= 4 is 0 Å². The van der Waals surface area contributed by atoms with Gasteiger partial charge in [-0.15, -0.1) is 0 Å². The molecule has 0 saturated carbocycles. The van der Waals surface area contributed by atoms with Crippen molar-refractivity contribution < 1.29 is 27.7 Å². The maximum Gasteiger partial charge on any atom is 0.234 e. The van der Waals surface area contributed by atoms with Crippen LogP contribution in [0.2, 0.25) is 0 Å². The molecule has 2 saturated heterocycles. The van der Waals surface area contributed by atoms with Crippen molar-refractivity contribution in [2.75, 3.05) is 19.9 Å². The van der Waals surface area contributed by atoms with Crippen molar-refractivity contribution in [2.24, 2.45) is 0 Å². The molecule has 2 rings (SSSR count). The molecule has 19 heavy (non-hydrogen) atoms. The molecule has 2 heterocycles. The Morgan fingerprint density at radius 2 is 2.05 bits per heavy atom. The van der Waals surface area contributed by atoms with Crippen LogP contribution in [0.5, 0.6) is 0 Å². The first-order valence-corrected chi connectivity index (χ1v) is 6.76. The van der Waals surface area contributed by atoms with Crippen molar-refractivity contribution in [2.45, 2.75) is 63.6 Å². The second kappa shape index (κ2) is 5.60. The highest BCUT2D eigenvalue weighted by Gasteiger charge is 2.67. The van der Waals surface area contributed by atoms with Crippen LogP contribution in [0.1, 0.15) is 33.6 Å². The Hall–Kier alpha value is -0.300. The van der Waals surface area contributed by atoms with Crippen molar-refractivity contribution in [3.63, 3.8) is 0 Å². The van der Waals surface area contributed by atoms with Crippen LogP contribution in [-0.4, -0.2) is 49.8 Å². The van der Waals surface area contributed by atoms with Crippen molar-refractivity contribution in [1.29, 1.82) is 0 Å². The maximum absolute atomic E-state index is 14.0. The molecule has 0 bridgehead atoms. The fourth-order valence-electron chi connectivity index (χ4n) is 2.59. The van der Waals surface area contributed by atoms with Gasteiger partial charge in [0.1, 0.15) is 18.9 Å². The van der Waals surface area contributed by atoms with Gasteiger partial charge in [-0.25, -0.2) is 8.78 Å². The van der Waals surface area contributed by atoms with Crippen LogP contribution >= 0.6 is 0 Å². The molecule has 0 aromatic carbocycles. The first-order valence-electron chi connectivity index (χ1n) is 6.76. The Labute approximate surface area is 112 Å². The lowest BCUT2D eigenvalue weighted by Crippen LogP contribution is -2.47. The van der Waals surface area contributed by atoms with Crippen molar-refractivity contribution in [3.8, 4) is 0 Å². The fourth-order valence-corrected chi connectivity index (χ4v) is 2.59. The van der Waals surface area contributed by atoms with E-state index in [2.05, 4.69) is 6.92 Å². The summed E-state index contributed by atoms with van der Waals surface area (Å²) in [4.78, 5) is 0. The molecule has 0 N–H and O–H groups in total. The Kier molecular flexibility index (Phi) is 4.45. The summed E-state index contributed by atoms with van der Waals surface area (Å²) in [6.45, 7) is 5.12. The SMILES string of the molecule is CCCCOC[C@H]1OC(F)C2(CF)OC(C)(C)OC12. The van der Waals surface area contributed by atoms with E-state index in [1.807, 2.05) is 0 Å². The Balaban J connectivity index is 2.00. The van der Waals surface area contributed by atoms with E-state index < -0.39 is 36.6 Å². The summed E-state index contributed by atoms with van der Waals surface area (Å²) in [5, 5.41) is 0. The topological polar surface area (TPSA) is 36.9 Å². The molecule has 112 valence electrons. The predicted molar refractivity (Wildman–Crippen MR) is 64.2 cm³/mol. The third-order valence-corrected chi connectivity index (χ3v) is 3.48. The highest BCUT2D eigenvalue weighted by molar-refractivity contribution is 5.07. The van der Waals surface area contributed by atoms with Gasteiger partial charge >= 0.3 is 0 Å². The highest BCUT2D eigenvalue weighted by Crippen LogP contribution is 2.47. The van der Waals surface area contributed by atoms with E-state index >= 15 is 0 Å². The Morgan fingerprint density at radius 1 is 1.32 bits per heavy atom. The van der Waals surface area contributed by atoms with Crippen LogP contribution in [0, 0.1) is 0 Å². The Bertz CT molecular complexity index is 313. The second-order valence-corrected chi connectivity index (χ2v) is 5.55. The van der Waals surface area contributed by atoms with Gasteiger partial charge in [-0.1, -0.05) is 13.3 Å². The molecule has 2 aliphatic rings. The molecular weight excluding hydrogens is 258 g/mol. The second-order valence-electron chi connectivity index (χ2n) is 5.55. The molecule has 2 fully saturated rings. The number of ether oxygens (including phenoxy) is 4. The van der Waals surface area contributed by atoms with Gasteiger partial charge in [0.2, 0.25) is 6.36 Å². The van der Waals surface area contributed by atoms with E-state index in [4.69, 9.17) is 18.9 Å². The zero-order chi connectivity index (χ0) is 14.1. The minimum absolute atomic E-state index is 0.187. The third kappa shape index (κ3) is 2.77. The normalized spacial score (nSPS) is 40.6. The van der Waals surface area contributed by atoms with Crippen molar-refractivity contribution in [1.82, 2.24) is 0 Å². The summed E-state index contributed by atoms with van der Waals surface area (Å²) in [6, 6.07) is 0. The summed E-state index contributed by atoms with van der Waals surface area (Å²) >= 11 is 0. The van der Waals surface area contributed by atoms with E-state index in [1.165, 1.54) is 0 Å². The molecule has 3 unspecified atom stereocenters. The Morgan fingerprint density at radius 3 is 2.68 bits per heavy atom. The van der Waals surface area contributed by atoms with Crippen LogP contribution in [0.4, 0.5) is 8.78 Å². The zero-order valence-electron chi connectivity index (χ0n) is 11.7. The lowest BCUT2D eigenvalue weighted by Gasteiger charge is -2.25. The molecular formula is C13H22F2O4. The zero-order valence-corrected chi connectivity index (χ0v) is 11.7. The number of hydrogen-bond donors (Lipinski definition) is 0. The molecule has 2 aliphatic heterocycles. The van der Waals surface area contributed by atoms with Gasteiger partial charge in [0.25, 0.3) is 0 Å². The largest absolute Gasteiger partial charge is 0.379 e. The average molecular weight is 280 g/mol. The number of rotatable bonds is 6. The summed E-state index contributed by atoms with van der Waals surface area (Å²) in [7, 11) is 0. The molecule has 6 heteroatoms. The molecule has 0 spiro atoms. The minimum atomic E-state index is -1.83. The van der Waals surface area contributed by atoms with E-state index in [0.29, 0.717) is 6.61 Å². The van der Waals surface area contributed by atoms with Crippen LogP contribution in [-0.2, 0) is 18.9 Å². The molecule has 0 aliphatic carbocycles. The van der Waals surface area contributed by atoms with Gasteiger partial charge < -0.3 is 18.9 Å². The van der Waals surface area contributed by atoms with Gasteiger partial charge in [0.15, 0.2) is 11.4 Å². The smallest absolute Gasteiger partial charge is 0.234 e. The average Bonchev–Trinajstić information content (AvgIpc) is 2.77. The monoisotopic (exact) mass is 280 g/mol. The lowest BCUT2D eigenvalue weighted by molar-refractivity contribution is -0.233. The van der Waals surface area contributed by atoms with Crippen LogP contribution < -0.4 is 0 Å². The van der Waals surface area contributed by atoms with E-state index in [-0.39, 0.29) is 6.61 Å². The highest BCUT2D eigenvalue weighted by atomic mass is 19.2. The number of fused-ring (bicyclic) bond motifs is 1. The number of halogens is 2. The maximum atomic E-state index is 14.0. The first kappa shape index (κ1) is 15.1. The summed E-state index contributed by atoms with van der Waals surface area (Å²) < 4.78 is 48.8. The standard InChI is InChI=1S/C13H22F2O4/c1-4-5-6-16-7-9-10-13(8-14,11(15)17-9)19-12(2,3)18-10/h9-11H,4-8H2,1-3H3/t9-,10?,11?,13?/m1/s1.